The van der Waals surface area contributed by atoms with Crippen molar-refractivity contribution in [3.63, 3.8) is 0 Å². The molecule has 1 fully saturated rings. The lowest BCUT2D eigenvalue weighted by atomic mass is 10.1. The number of amides is 1. The van der Waals surface area contributed by atoms with Crippen molar-refractivity contribution in [2.75, 3.05) is 30.5 Å². The van der Waals surface area contributed by atoms with Gasteiger partial charge in [0.25, 0.3) is 5.91 Å². The number of hydrogen-bond acceptors (Lipinski definition) is 7. The quantitative estimate of drug-likeness (QED) is 0.223. The van der Waals surface area contributed by atoms with Crippen LogP contribution in [0.5, 0.6) is 11.6 Å². The van der Waals surface area contributed by atoms with Gasteiger partial charge in [-0.15, -0.1) is 0 Å². The number of rotatable bonds is 9. The fraction of sp³-hybridized carbons (Fsp3) is 0.286. The molecule has 1 atom stereocenters. The fourth-order valence-corrected chi connectivity index (χ4v) is 5.36. The molecule has 0 aliphatic heterocycles. The number of ether oxygens (including phenoxy) is 2. The van der Waals surface area contributed by atoms with Crippen molar-refractivity contribution < 1.29 is 18.5 Å². The first-order chi connectivity index (χ1) is 18.7. The Kier molecular flexibility index (Phi) is 7.34. The maximum atomic E-state index is 12.2. The molecule has 0 bridgehead atoms. The highest BCUT2D eigenvalue weighted by Crippen LogP contribution is 2.38. The summed E-state index contributed by atoms with van der Waals surface area (Å²) in [6.45, 7) is 0. The molecule has 0 saturated heterocycles. The van der Waals surface area contributed by atoms with E-state index in [4.69, 9.17) is 19.4 Å². The van der Waals surface area contributed by atoms with Crippen molar-refractivity contribution in [2.45, 2.75) is 31.8 Å². The average molecular weight is 549 g/mol. The summed E-state index contributed by atoms with van der Waals surface area (Å²) in [4.78, 5) is 24.8. The molecule has 2 aromatic heterocycles. The summed E-state index contributed by atoms with van der Waals surface area (Å²) in [5.41, 5.74) is 4.15. The number of anilines is 3. The highest BCUT2D eigenvalue weighted by molar-refractivity contribution is 8.00. The van der Waals surface area contributed by atoms with Crippen molar-refractivity contribution in [1.82, 2.24) is 20.3 Å². The lowest BCUT2D eigenvalue weighted by molar-refractivity contribution is 0.0962. The minimum absolute atomic E-state index is 0.0732. The number of H-pyrrole nitrogens is 1. The van der Waals surface area contributed by atoms with Gasteiger partial charge in [0.05, 0.1) is 18.2 Å². The van der Waals surface area contributed by atoms with E-state index in [1.807, 2.05) is 30.5 Å². The SMILES string of the molecule is C=S(C)(=O)Nc1cccc(-c2c[nH]c3nc(Nc4ccc(C(=O)NC)cc4OC)nc(OC4CCCC4)c23)c1. The molecule has 2 heterocycles. The molecular weight excluding hydrogens is 516 g/mol. The summed E-state index contributed by atoms with van der Waals surface area (Å²) in [5, 5.41) is 6.60. The lowest BCUT2D eigenvalue weighted by Gasteiger charge is -2.16. The third-order valence-electron chi connectivity index (χ3n) is 6.52. The van der Waals surface area contributed by atoms with E-state index in [2.05, 4.69) is 26.2 Å². The van der Waals surface area contributed by atoms with Crippen molar-refractivity contribution in [2.24, 2.45) is 0 Å². The standard InChI is InChI=1S/C28H32N6O4S/c1-29-26(35)18-12-13-22(23(15-18)37-2)31-28-32-25-24(27(33-28)38-20-10-5-6-11-20)21(16-30-25)17-8-7-9-19(14-17)34-39(3,4)36/h7-9,12-16,20H,3,5-6,10-11H2,1-2,4H3,(H,29,35)(H,34,36)(H2,30,31,32,33). The van der Waals surface area contributed by atoms with Gasteiger partial charge in [-0.2, -0.15) is 9.97 Å². The maximum Gasteiger partial charge on any atom is 0.251 e. The third-order valence-corrected chi connectivity index (χ3v) is 7.19. The van der Waals surface area contributed by atoms with E-state index in [1.54, 1.807) is 38.6 Å². The van der Waals surface area contributed by atoms with Crippen LogP contribution in [0.25, 0.3) is 22.2 Å². The van der Waals surface area contributed by atoms with E-state index in [0.717, 1.165) is 42.2 Å². The van der Waals surface area contributed by atoms with Gasteiger partial charge in [0.2, 0.25) is 11.8 Å². The van der Waals surface area contributed by atoms with E-state index in [1.165, 1.54) is 0 Å². The van der Waals surface area contributed by atoms with Crippen LogP contribution in [-0.2, 0) is 9.71 Å². The number of methoxy groups -OCH3 is 1. The Morgan fingerprint density at radius 2 is 1.95 bits per heavy atom. The van der Waals surface area contributed by atoms with Crippen LogP contribution in [0, 0.1) is 0 Å². The van der Waals surface area contributed by atoms with Gasteiger partial charge in [0, 0.05) is 46.0 Å². The van der Waals surface area contributed by atoms with Crippen molar-refractivity contribution in [3.8, 4) is 22.8 Å². The third kappa shape index (κ3) is 5.93. The predicted molar refractivity (Wildman–Crippen MR) is 157 cm³/mol. The average Bonchev–Trinajstić information content (AvgIpc) is 3.58. The molecule has 0 radical (unpaired) electrons. The summed E-state index contributed by atoms with van der Waals surface area (Å²) in [5.74, 6) is 4.76. The molecule has 11 heteroatoms. The second-order valence-electron chi connectivity index (χ2n) is 9.61. The summed E-state index contributed by atoms with van der Waals surface area (Å²) in [6, 6.07) is 12.7. The molecular formula is C28H32N6O4S. The zero-order valence-corrected chi connectivity index (χ0v) is 23.0. The van der Waals surface area contributed by atoms with Crippen LogP contribution >= 0.6 is 0 Å². The fourth-order valence-electron chi connectivity index (χ4n) is 4.73. The molecule has 0 spiro atoms. The zero-order valence-electron chi connectivity index (χ0n) is 22.2. The first kappa shape index (κ1) is 26.4. The van der Waals surface area contributed by atoms with E-state index in [-0.39, 0.29) is 12.0 Å². The molecule has 1 amide bonds. The van der Waals surface area contributed by atoms with Crippen molar-refractivity contribution in [3.05, 3.63) is 54.2 Å². The molecule has 4 aromatic rings. The molecule has 4 N–H and O–H groups in total. The van der Waals surface area contributed by atoms with Gasteiger partial charge >= 0.3 is 0 Å². The number of carbonyl (C=O) groups is 1. The van der Waals surface area contributed by atoms with E-state index in [0.29, 0.717) is 40.2 Å². The summed E-state index contributed by atoms with van der Waals surface area (Å²) in [7, 11) is 0.692. The van der Waals surface area contributed by atoms with E-state index in [9.17, 15) is 9.00 Å². The highest BCUT2D eigenvalue weighted by Gasteiger charge is 2.23. The highest BCUT2D eigenvalue weighted by atomic mass is 32.2. The Hall–Kier alpha value is -4.25. The topological polar surface area (TPSA) is 130 Å². The Labute approximate surface area is 227 Å². The Morgan fingerprint density at radius 3 is 2.67 bits per heavy atom. The van der Waals surface area contributed by atoms with E-state index >= 15 is 0 Å². The van der Waals surface area contributed by atoms with Gasteiger partial charge in [-0.1, -0.05) is 12.1 Å². The molecule has 204 valence electrons. The number of nitrogens with zero attached hydrogens (tertiary/aromatic N) is 2. The largest absolute Gasteiger partial charge is 0.495 e. The van der Waals surface area contributed by atoms with E-state index < -0.39 is 9.71 Å². The van der Waals surface area contributed by atoms with Gasteiger partial charge in [-0.05, 0) is 67.4 Å². The zero-order chi connectivity index (χ0) is 27.6. The number of aromatic amines is 1. The van der Waals surface area contributed by atoms with Gasteiger partial charge in [0.15, 0.2) is 0 Å². The van der Waals surface area contributed by atoms with Crippen LogP contribution in [0.4, 0.5) is 17.3 Å². The molecule has 2 aromatic carbocycles. The van der Waals surface area contributed by atoms with Crippen LogP contribution in [-0.4, -0.2) is 57.5 Å². The molecule has 39 heavy (non-hydrogen) atoms. The smallest absolute Gasteiger partial charge is 0.251 e. The minimum Gasteiger partial charge on any atom is -0.495 e. The number of nitrogens with one attached hydrogen (secondary N) is 4. The Morgan fingerprint density at radius 1 is 1.15 bits per heavy atom. The molecule has 1 saturated carbocycles. The van der Waals surface area contributed by atoms with Gasteiger partial charge in [-0.25, -0.2) is 4.21 Å². The van der Waals surface area contributed by atoms with Crippen LogP contribution in [0.3, 0.4) is 0 Å². The number of aromatic nitrogens is 3. The number of benzene rings is 2. The summed E-state index contributed by atoms with van der Waals surface area (Å²) < 4.78 is 27.1. The van der Waals surface area contributed by atoms with Crippen molar-refractivity contribution >= 4 is 49.8 Å². The van der Waals surface area contributed by atoms with Crippen LogP contribution in [0.1, 0.15) is 36.0 Å². The molecule has 5 rings (SSSR count). The van der Waals surface area contributed by atoms with Gasteiger partial charge < -0.3 is 29.8 Å². The number of hydrogen-bond donors (Lipinski definition) is 4. The molecule has 10 nitrogen and oxygen atoms in total. The second kappa shape index (κ2) is 10.9. The van der Waals surface area contributed by atoms with Gasteiger partial charge in [0.1, 0.15) is 17.5 Å². The number of fused-ring (bicyclic) bond motifs is 1. The van der Waals surface area contributed by atoms with Crippen LogP contribution in [0.15, 0.2) is 48.7 Å². The minimum atomic E-state index is -2.43. The Balaban J connectivity index is 1.56. The van der Waals surface area contributed by atoms with Crippen molar-refractivity contribution in [1.29, 1.82) is 0 Å². The molecule has 1 aliphatic carbocycles. The maximum absolute atomic E-state index is 12.2. The number of carbonyl (C=O) groups excluding carboxylic acids is 1. The molecule has 1 aliphatic rings. The van der Waals surface area contributed by atoms with Gasteiger partial charge in [-0.3, -0.25) is 4.79 Å². The predicted octanol–water partition coefficient (Wildman–Crippen LogP) is 4.73. The summed E-state index contributed by atoms with van der Waals surface area (Å²) >= 11 is 0. The lowest BCUT2D eigenvalue weighted by Crippen LogP contribution is -2.17. The monoisotopic (exact) mass is 548 g/mol. The first-order valence-corrected chi connectivity index (χ1v) is 14.8. The van der Waals surface area contributed by atoms with Crippen LogP contribution in [0.2, 0.25) is 0 Å². The first-order valence-electron chi connectivity index (χ1n) is 12.7. The summed E-state index contributed by atoms with van der Waals surface area (Å²) in [6.07, 6.45) is 7.68. The Bertz CT molecular complexity index is 1630. The normalized spacial score (nSPS) is 15.1. The second-order valence-corrected chi connectivity index (χ2v) is 11.8. The van der Waals surface area contributed by atoms with Crippen LogP contribution < -0.4 is 24.8 Å². The molecule has 1 unspecified atom stereocenters.